The van der Waals surface area contributed by atoms with Gasteiger partial charge in [-0.25, -0.2) is 4.79 Å². The van der Waals surface area contributed by atoms with E-state index in [0.717, 1.165) is 30.4 Å². The molecular weight excluding hydrogens is 278 g/mol. The Morgan fingerprint density at radius 2 is 2.05 bits per heavy atom. The SMILES string of the molecule is O=C(O)c1cccc2c1CN(C(=O)CC1=CCCCC1)CC2. The number of benzene rings is 1. The van der Waals surface area contributed by atoms with Crippen molar-refractivity contribution in [3.63, 3.8) is 0 Å². The molecule has 1 heterocycles. The summed E-state index contributed by atoms with van der Waals surface area (Å²) in [4.78, 5) is 25.7. The Morgan fingerprint density at radius 1 is 1.18 bits per heavy atom. The van der Waals surface area contributed by atoms with Gasteiger partial charge in [-0.1, -0.05) is 23.8 Å². The Kier molecular flexibility index (Phi) is 4.27. The first kappa shape index (κ1) is 14.8. The van der Waals surface area contributed by atoms with Gasteiger partial charge in [-0.15, -0.1) is 0 Å². The molecule has 1 aromatic rings. The van der Waals surface area contributed by atoms with E-state index < -0.39 is 5.97 Å². The van der Waals surface area contributed by atoms with Gasteiger partial charge in [-0.05, 0) is 49.3 Å². The molecule has 0 bridgehead atoms. The monoisotopic (exact) mass is 299 g/mol. The molecule has 0 fully saturated rings. The minimum absolute atomic E-state index is 0.124. The molecule has 1 aromatic carbocycles. The summed E-state index contributed by atoms with van der Waals surface area (Å²) in [6.07, 6.45) is 7.92. The number of nitrogens with zero attached hydrogens (tertiary/aromatic N) is 1. The molecule has 116 valence electrons. The number of hydrogen-bond donors (Lipinski definition) is 1. The second kappa shape index (κ2) is 6.34. The second-order valence-electron chi connectivity index (χ2n) is 6.10. The molecule has 3 rings (SSSR count). The summed E-state index contributed by atoms with van der Waals surface area (Å²) in [5.74, 6) is -0.792. The zero-order valence-corrected chi connectivity index (χ0v) is 12.7. The van der Waals surface area contributed by atoms with Crippen molar-refractivity contribution < 1.29 is 14.7 Å². The van der Waals surface area contributed by atoms with E-state index in [2.05, 4.69) is 6.08 Å². The molecule has 0 saturated carbocycles. The minimum atomic E-state index is -0.916. The van der Waals surface area contributed by atoms with E-state index in [9.17, 15) is 14.7 Å². The van der Waals surface area contributed by atoms with Crippen molar-refractivity contribution in [3.8, 4) is 0 Å². The van der Waals surface area contributed by atoms with Gasteiger partial charge in [0.2, 0.25) is 5.91 Å². The van der Waals surface area contributed by atoms with E-state index in [1.165, 1.54) is 18.4 Å². The molecule has 0 atom stereocenters. The number of rotatable bonds is 3. The number of amides is 1. The zero-order chi connectivity index (χ0) is 15.5. The maximum Gasteiger partial charge on any atom is 0.336 e. The quantitative estimate of drug-likeness (QED) is 0.872. The standard InChI is InChI=1S/C18H21NO3/c20-17(11-13-5-2-1-3-6-13)19-10-9-14-7-4-8-15(18(21)22)16(14)12-19/h4-5,7-8H,1-3,6,9-12H2,(H,21,22). The van der Waals surface area contributed by atoms with E-state index in [1.54, 1.807) is 12.1 Å². The normalized spacial score (nSPS) is 17.6. The predicted molar refractivity (Wildman–Crippen MR) is 83.7 cm³/mol. The summed E-state index contributed by atoms with van der Waals surface area (Å²) in [5.41, 5.74) is 3.42. The Labute approximate surface area is 130 Å². The van der Waals surface area contributed by atoms with Crippen molar-refractivity contribution in [1.82, 2.24) is 4.90 Å². The van der Waals surface area contributed by atoms with Crippen LogP contribution in [0.5, 0.6) is 0 Å². The van der Waals surface area contributed by atoms with Crippen molar-refractivity contribution in [2.75, 3.05) is 6.54 Å². The molecule has 0 aromatic heterocycles. The first-order chi connectivity index (χ1) is 10.6. The van der Waals surface area contributed by atoms with Crippen molar-refractivity contribution in [2.24, 2.45) is 0 Å². The Balaban J connectivity index is 1.74. The summed E-state index contributed by atoms with van der Waals surface area (Å²) in [6, 6.07) is 5.37. The largest absolute Gasteiger partial charge is 0.478 e. The third-order valence-electron chi connectivity index (χ3n) is 4.62. The fourth-order valence-electron chi connectivity index (χ4n) is 3.37. The molecule has 1 aliphatic heterocycles. The van der Waals surface area contributed by atoms with E-state index in [1.807, 2.05) is 11.0 Å². The van der Waals surface area contributed by atoms with E-state index in [-0.39, 0.29) is 5.91 Å². The highest BCUT2D eigenvalue weighted by molar-refractivity contribution is 5.90. The van der Waals surface area contributed by atoms with Crippen LogP contribution in [0.2, 0.25) is 0 Å². The van der Waals surface area contributed by atoms with E-state index in [4.69, 9.17) is 0 Å². The summed E-state index contributed by atoms with van der Waals surface area (Å²) < 4.78 is 0. The molecule has 1 amide bonds. The van der Waals surface area contributed by atoms with Crippen molar-refractivity contribution in [3.05, 3.63) is 46.5 Å². The molecular formula is C18H21NO3. The lowest BCUT2D eigenvalue weighted by Crippen LogP contribution is -2.37. The lowest BCUT2D eigenvalue weighted by atomic mass is 9.93. The lowest BCUT2D eigenvalue weighted by molar-refractivity contribution is -0.131. The topological polar surface area (TPSA) is 57.6 Å². The fraction of sp³-hybridized carbons (Fsp3) is 0.444. The number of hydrogen-bond acceptors (Lipinski definition) is 2. The van der Waals surface area contributed by atoms with Gasteiger partial charge in [0.1, 0.15) is 0 Å². The maximum absolute atomic E-state index is 12.5. The van der Waals surface area contributed by atoms with Gasteiger partial charge < -0.3 is 10.0 Å². The summed E-state index contributed by atoms with van der Waals surface area (Å²) in [7, 11) is 0. The highest BCUT2D eigenvalue weighted by Crippen LogP contribution is 2.25. The lowest BCUT2D eigenvalue weighted by Gasteiger charge is -2.30. The Morgan fingerprint density at radius 3 is 2.77 bits per heavy atom. The third kappa shape index (κ3) is 3.06. The number of carbonyl (C=O) groups excluding carboxylic acids is 1. The van der Waals surface area contributed by atoms with Crippen molar-refractivity contribution in [1.29, 1.82) is 0 Å². The van der Waals surface area contributed by atoms with Crippen LogP contribution >= 0.6 is 0 Å². The highest BCUT2D eigenvalue weighted by Gasteiger charge is 2.25. The van der Waals surface area contributed by atoms with Crippen LogP contribution in [-0.2, 0) is 17.8 Å². The van der Waals surface area contributed by atoms with Gasteiger partial charge in [-0.2, -0.15) is 0 Å². The van der Waals surface area contributed by atoms with Gasteiger partial charge in [0.05, 0.1) is 5.56 Å². The average Bonchev–Trinajstić information content (AvgIpc) is 2.54. The first-order valence-corrected chi connectivity index (χ1v) is 7.95. The van der Waals surface area contributed by atoms with Crippen LogP contribution in [0, 0.1) is 0 Å². The van der Waals surface area contributed by atoms with Crippen LogP contribution in [0.4, 0.5) is 0 Å². The number of carbonyl (C=O) groups is 2. The first-order valence-electron chi connectivity index (χ1n) is 7.95. The number of carboxylic acids is 1. The fourth-order valence-corrected chi connectivity index (χ4v) is 3.37. The van der Waals surface area contributed by atoms with Gasteiger partial charge in [-0.3, -0.25) is 4.79 Å². The Hall–Kier alpha value is -2.10. The van der Waals surface area contributed by atoms with Crippen LogP contribution in [0.25, 0.3) is 0 Å². The van der Waals surface area contributed by atoms with Crippen LogP contribution in [0.1, 0.15) is 53.6 Å². The van der Waals surface area contributed by atoms with Crippen molar-refractivity contribution >= 4 is 11.9 Å². The Bertz CT molecular complexity index is 633. The van der Waals surface area contributed by atoms with Crippen LogP contribution in [-0.4, -0.2) is 28.4 Å². The summed E-state index contributed by atoms with van der Waals surface area (Å²) >= 11 is 0. The molecule has 0 spiro atoms. The molecule has 1 aliphatic carbocycles. The maximum atomic E-state index is 12.5. The van der Waals surface area contributed by atoms with Crippen LogP contribution in [0.3, 0.4) is 0 Å². The molecule has 22 heavy (non-hydrogen) atoms. The van der Waals surface area contributed by atoms with Gasteiger partial charge in [0, 0.05) is 19.5 Å². The molecule has 2 aliphatic rings. The molecule has 0 radical (unpaired) electrons. The summed E-state index contributed by atoms with van der Waals surface area (Å²) in [6.45, 7) is 1.10. The smallest absolute Gasteiger partial charge is 0.336 e. The van der Waals surface area contributed by atoms with Crippen LogP contribution in [0.15, 0.2) is 29.8 Å². The number of fused-ring (bicyclic) bond motifs is 1. The predicted octanol–water partition coefficient (Wildman–Crippen LogP) is 3.16. The van der Waals surface area contributed by atoms with Gasteiger partial charge in [0.25, 0.3) is 0 Å². The van der Waals surface area contributed by atoms with Gasteiger partial charge >= 0.3 is 5.97 Å². The molecule has 1 N–H and O–H groups in total. The molecule has 0 saturated heterocycles. The zero-order valence-electron chi connectivity index (χ0n) is 12.7. The number of allylic oxidation sites excluding steroid dienone is 1. The average molecular weight is 299 g/mol. The van der Waals surface area contributed by atoms with E-state index >= 15 is 0 Å². The van der Waals surface area contributed by atoms with Crippen molar-refractivity contribution in [2.45, 2.75) is 45.1 Å². The van der Waals surface area contributed by atoms with Gasteiger partial charge in [0.15, 0.2) is 0 Å². The van der Waals surface area contributed by atoms with Crippen LogP contribution < -0.4 is 0 Å². The molecule has 4 nitrogen and oxygen atoms in total. The molecule has 4 heteroatoms. The van der Waals surface area contributed by atoms with E-state index in [0.29, 0.717) is 25.1 Å². The number of carboxylic acid groups (broad SMARTS) is 1. The summed E-state index contributed by atoms with van der Waals surface area (Å²) in [5, 5.41) is 9.31. The molecule has 0 unspecified atom stereocenters. The highest BCUT2D eigenvalue weighted by atomic mass is 16.4. The minimum Gasteiger partial charge on any atom is -0.478 e. The second-order valence-corrected chi connectivity index (χ2v) is 6.10. The number of aromatic carboxylic acids is 1. The third-order valence-corrected chi connectivity index (χ3v) is 4.62.